The molecule has 0 aliphatic carbocycles. The minimum absolute atomic E-state index is 0.454. The smallest absolute Gasteiger partial charge is 0.142 e. The lowest BCUT2D eigenvalue weighted by Crippen LogP contribution is -1.87. The van der Waals surface area contributed by atoms with Crippen LogP contribution in [-0.4, -0.2) is 4.98 Å². The zero-order chi connectivity index (χ0) is 12.6. The van der Waals surface area contributed by atoms with Crippen LogP contribution < -0.4 is 0 Å². The zero-order valence-electron chi connectivity index (χ0n) is 8.15. The normalized spacial score (nSPS) is 10.6. The number of benzene rings is 1. The SMILES string of the molecule is Clc1cc(Cl)c(-c2cnc(Cl)c(I)c2)c(Cl)c1. The quantitative estimate of drug-likeness (QED) is 0.411. The fourth-order valence-electron chi connectivity index (χ4n) is 1.38. The summed E-state index contributed by atoms with van der Waals surface area (Å²) in [7, 11) is 0. The van der Waals surface area contributed by atoms with Crippen LogP contribution in [0.25, 0.3) is 11.1 Å². The Hall–Kier alpha value is 0.260. The summed E-state index contributed by atoms with van der Waals surface area (Å²) in [5.41, 5.74) is 1.52. The number of pyridine rings is 1. The number of hydrogen-bond acceptors (Lipinski definition) is 1. The molecule has 0 radical (unpaired) electrons. The summed E-state index contributed by atoms with van der Waals surface area (Å²) in [6.45, 7) is 0. The Morgan fingerprint density at radius 3 is 2.06 bits per heavy atom. The minimum Gasteiger partial charge on any atom is -0.243 e. The number of halogens is 5. The molecule has 0 spiro atoms. The van der Waals surface area contributed by atoms with E-state index in [1.807, 2.05) is 6.07 Å². The minimum atomic E-state index is 0.454. The number of nitrogens with zero attached hydrogens (tertiary/aromatic N) is 1. The van der Waals surface area contributed by atoms with Crippen molar-refractivity contribution in [1.29, 1.82) is 0 Å². The fourth-order valence-corrected chi connectivity index (χ4v) is 2.99. The van der Waals surface area contributed by atoms with Gasteiger partial charge >= 0.3 is 0 Å². The standard InChI is InChI=1S/C11H4Cl4IN/c12-6-2-7(13)10(8(14)3-6)5-1-9(16)11(15)17-4-5/h1-4H. The van der Waals surface area contributed by atoms with E-state index in [0.29, 0.717) is 25.8 Å². The van der Waals surface area contributed by atoms with Gasteiger partial charge in [0.25, 0.3) is 0 Å². The van der Waals surface area contributed by atoms with E-state index < -0.39 is 0 Å². The average Bonchev–Trinajstić information content (AvgIpc) is 2.21. The van der Waals surface area contributed by atoms with Crippen molar-refractivity contribution in [1.82, 2.24) is 4.98 Å². The van der Waals surface area contributed by atoms with E-state index in [4.69, 9.17) is 46.4 Å². The van der Waals surface area contributed by atoms with Crippen molar-refractivity contribution in [3.05, 3.63) is 48.2 Å². The molecule has 88 valence electrons. The Balaban J connectivity index is 2.64. The van der Waals surface area contributed by atoms with Crippen molar-refractivity contribution in [2.75, 3.05) is 0 Å². The van der Waals surface area contributed by atoms with Crippen molar-refractivity contribution in [3.63, 3.8) is 0 Å². The molecule has 17 heavy (non-hydrogen) atoms. The molecule has 0 unspecified atom stereocenters. The van der Waals surface area contributed by atoms with Gasteiger partial charge in [-0.2, -0.15) is 0 Å². The Labute approximate surface area is 132 Å². The lowest BCUT2D eigenvalue weighted by atomic mass is 10.1. The fraction of sp³-hybridized carbons (Fsp3) is 0. The summed E-state index contributed by atoms with van der Waals surface area (Å²) in [5.74, 6) is 0. The number of rotatable bonds is 1. The van der Waals surface area contributed by atoms with Crippen molar-refractivity contribution >= 4 is 69.0 Å². The summed E-state index contributed by atoms with van der Waals surface area (Å²) < 4.78 is 0.837. The first-order chi connectivity index (χ1) is 7.99. The molecule has 0 amide bonds. The molecule has 1 aromatic carbocycles. The Morgan fingerprint density at radius 2 is 1.53 bits per heavy atom. The van der Waals surface area contributed by atoms with Crippen molar-refractivity contribution in [2.45, 2.75) is 0 Å². The van der Waals surface area contributed by atoms with Crippen molar-refractivity contribution in [3.8, 4) is 11.1 Å². The van der Waals surface area contributed by atoms with Gasteiger partial charge in [-0.15, -0.1) is 0 Å². The monoisotopic (exact) mass is 417 g/mol. The van der Waals surface area contributed by atoms with Crippen LogP contribution in [-0.2, 0) is 0 Å². The second-order valence-electron chi connectivity index (χ2n) is 3.24. The molecule has 0 atom stereocenters. The van der Waals surface area contributed by atoms with E-state index in [-0.39, 0.29) is 0 Å². The second-order valence-corrected chi connectivity index (χ2v) is 6.01. The molecule has 1 nitrogen and oxygen atoms in total. The van der Waals surface area contributed by atoms with Crippen LogP contribution in [0.4, 0.5) is 0 Å². The second kappa shape index (κ2) is 5.49. The maximum Gasteiger partial charge on any atom is 0.142 e. The largest absolute Gasteiger partial charge is 0.243 e. The van der Waals surface area contributed by atoms with E-state index in [1.165, 1.54) is 0 Å². The maximum atomic E-state index is 6.13. The van der Waals surface area contributed by atoms with E-state index in [1.54, 1.807) is 18.3 Å². The van der Waals surface area contributed by atoms with E-state index >= 15 is 0 Å². The van der Waals surface area contributed by atoms with Crippen molar-refractivity contribution < 1.29 is 0 Å². The van der Waals surface area contributed by atoms with E-state index in [2.05, 4.69) is 27.6 Å². The number of aromatic nitrogens is 1. The van der Waals surface area contributed by atoms with E-state index in [9.17, 15) is 0 Å². The molecular weight excluding hydrogens is 415 g/mol. The molecule has 2 aromatic rings. The van der Waals surface area contributed by atoms with Gasteiger partial charge in [0, 0.05) is 22.3 Å². The first-order valence-corrected chi connectivity index (χ1v) is 7.04. The first kappa shape index (κ1) is 13.7. The molecule has 0 fully saturated rings. The van der Waals surface area contributed by atoms with Crippen LogP contribution in [0.1, 0.15) is 0 Å². The van der Waals surface area contributed by atoms with Gasteiger partial charge in [-0.3, -0.25) is 0 Å². The molecule has 0 saturated carbocycles. The molecule has 0 saturated heterocycles. The molecule has 6 heteroatoms. The summed E-state index contributed by atoms with van der Waals surface area (Å²) in [6, 6.07) is 5.16. The highest BCUT2D eigenvalue weighted by Gasteiger charge is 2.12. The van der Waals surface area contributed by atoms with Gasteiger partial charge in [-0.25, -0.2) is 4.98 Å². The van der Waals surface area contributed by atoms with Gasteiger partial charge < -0.3 is 0 Å². The highest BCUT2D eigenvalue weighted by Crippen LogP contribution is 2.37. The maximum absolute atomic E-state index is 6.13. The molecule has 0 bridgehead atoms. The van der Waals surface area contributed by atoms with Gasteiger partial charge in [0.15, 0.2) is 0 Å². The average molecular weight is 419 g/mol. The topological polar surface area (TPSA) is 12.9 Å². The summed E-state index contributed by atoms with van der Waals surface area (Å²) >= 11 is 26.1. The molecule has 0 aliphatic heterocycles. The summed E-state index contributed by atoms with van der Waals surface area (Å²) in [4.78, 5) is 4.07. The highest BCUT2D eigenvalue weighted by atomic mass is 127. The summed E-state index contributed by atoms with van der Waals surface area (Å²) in [5, 5.41) is 1.93. The van der Waals surface area contributed by atoms with E-state index in [0.717, 1.165) is 9.13 Å². The molecular formula is C11H4Cl4IN. The van der Waals surface area contributed by atoms with Crippen LogP contribution >= 0.6 is 69.0 Å². The third kappa shape index (κ3) is 2.99. The zero-order valence-corrected chi connectivity index (χ0v) is 13.3. The first-order valence-electron chi connectivity index (χ1n) is 4.45. The van der Waals surface area contributed by atoms with Crippen LogP contribution in [0, 0.1) is 3.57 Å². The lowest BCUT2D eigenvalue weighted by molar-refractivity contribution is 1.31. The Morgan fingerprint density at radius 1 is 0.941 bits per heavy atom. The van der Waals surface area contributed by atoms with Crippen LogP contribution in [0.15, 0.2) is 24.4 Å². The van der Waals surface area contributed by atoms with Gasteiger partial charge in [-0.05, 0) is 40.8 Å². The Bertz CT molecular complexity index is 563. The van der Waals surface area contributed by atoms with Crippen LogP contribution in [0.3, 0.4) is 0 Å². The molecule has 0 aliphatic rings. The number of hydrogen-bond donors (Lipinski definition) is 0. The lowest BCUT2D eigenvalue weighted by Gasteiger charge is -2.08. The van der Waals surface area contributed by atoms with Gasteiger partial charge in [0.2, 0.25) is 0 Å². The predicted molar refractivity (Wildman–Crippen MR) is 82.4 cm³/mol. The molecule has 1 aromatic heterocycles. The highest BCUT2D eigenvalue weighted by molar-refractivity contribution is 14.1. The Kier molecular flexibility index (Phi) is 4.42. The third-order valence-electron chi connectivity index (χ3n) is 2.09. The molecule has 1 heterocycles. The molecule has 0 N–H and O–H groups in total. The van der Waals surface area contributed by atoms with Gasteiger partial charge in [0.05, 0.1) is 13.6 Å². The molecule has 2 rings (SSSR count). The third-order valence-corrected chi connectivity index (χ3v) is 4.35. The van der Waals surface area contributed by atoms with Crippen molar-refractivity contribution in [2.24, 2.45) is 0 Å². The van der Waals surface area contributed by atoms with Gasteiger partial charge in [-0.1, -0.05) is 46.4 Å². The predicted octanol–water partition coefficient (Wildman–Crippen LogP) is 5.97. The summed E-state index contributed by atoms with van der Waals surface area (Å²) in [6.07, 6.45) is 1.63. The van der Waals surface area contributed by atoms with Crippen LogP contribution in [0.2, 0.25) is 20.2 Å². The van der Waals surface area contributed by atoms with Gasteiger partial charge in [0.1, 0.15) is 5.15 Å². The van der Waals surface area contributed by atoms with Crippen LogP contribution in [0.5, 0.6) is 0 Å².